The van der Waals surface area contributed by atoms with Gasteiger partial charge in [-0.25, -0.2) is 0 Å². The summed E-state index contributed by atoms with van der Waals surface area (Å²) in [4.78, 5) is 12.6. The zero-order valence-corrected chi connectivity index (χ0v) is 14.2. The predicted octanol–water partition coefficient (Wildman–Crippen LogP) is 4.96. The van der Waals surface area contributed by atoms with E-state index in [1.807, 2.05) is 31.2 Å². The molecule has 0 radical (unpaired) electrons. The number of allylic oxidation sites excluding steroid dienone is 2. The molecule has 23 heavy (non-hydrogen) atoms. The largest absolute Gasteiger partial charge is 0.496 e. The van der Waals surface area contributed by atoms with Gasteiger partial charge in [0.05, 0.1) is 7.11 Å². The van der Waals surface area contributed by atoms with Crippen LogP contribution in [0, 0.1) is 30.1 Å². The minimum Gasteiger partial charge on any atom is -0.496 e. The Morgan fingerprint density at radius 2 is 1.74 bits per heavy atom. The van der Waals surface area contributed by atoms with Crippen molar-refractivity contribution in [3.8, 4) is 5.75 Å². The fourth-order valence-electron chi connectivity index (χ4n) is 5.76. The summed E-state index contributed by atoms with van der Waals surface area (Å²) >= 11 is 0. The second kappa shape index (κ2) is 5.51. The van der Waals surface area contributed by atoms with Crippen molar-refractivity contribution in [1.29, 1.82) is 0 Å². The third kappa shape index (κ3) is 2.73. The molecule has 2 nitrogen and oxygen atoms in total. The van der Waals surface area contributed by atoms with Gasteiger partial charge in [0, 0.05) is 5.56 Å². The number of carbonyl (C=O) groups is 1. The molecule has 4 aliphatic carbocycles. The Labute approximate surface area is 138 Å². The molecule has 4 aliphatic rings. The third-order valence-corrected chi connectivity index (χ3v) is 6.35. The van der Waals surface area contributed by atoms with Gasteiger partial charge in [-0.05, 0) is 98.5 Å². The molecule has 0 atom stereocenters. The second-order valence-corrected chi connectivity index (χ2v) is 8.16. The molecule has 4 saturated carbocycles. The van der Waals surface area contributed by atoms with E-state index < -0.39 is 0 Å². The third-order valence-electron chi connectivity index (χ3n) is 6.35. The summed E-state index contributed by atoms with van der Waals surface area (Å²) in [7, 11) is 1.66. The minimum absolute atomic E-state index is 0.131. The monoisotopic (exact) mass is 310 g/mol. The number of hydrogen-bond acceptors (Lipinski definition) is 2. The molecular weight excluding hydrogens is 284 g/mol. The molecule has 1 aromatic carbocycles. The summed E-state index contributed by atoms with van der Waals surface area (Å²) in [5, 5.41) is 0. The Morgan fingerprint density at radius 1 is 1.13 bits per heavy atom. The van der Waals surface area contributed by atoms with Gasteiger partial charge in [-0.1, -0.05) is 6.08 Å². The van der Waals surface area contributed by atoms with Crippen LogP contribution in [0.5, 0.6) is 5.75 Å². The molecular formula is C21H26O2. The number of carbonyl (C=O) groups excluding carboxylic acids is 1. The standard InChI is InChI=1S/C21H26O2/c1-14-7-18(3-4-20(14)23-2)19(22)5-6-21-11-15-8-16(12-21)10-17(9-15)13-21/h3-7,15-17H,8-13H2,1-2H3. The van der Waals surface area contributed by atoms with E-state index >= 15 is 0 Å². The van der Waals surface area contributed by atoms with Gasteiger partial charge in [0.25, 0.3) is 0 Å². The maximum atomic E-state index is 12.6. The van der Waals surface area contributed by atoms with E-state index in [1.165, 1.54) is 38.5 Å². The van der Waals surface area contributed by atoms with Gasteiger partial charge < -0.3 is 4.74 Å². The average Bonchev–Trinajstić information content (AvgIpc) is 2.51. The maximum Gasteiger partial charge on any atom is 0.185 e. The van der Waals surface area contributed by atoms with Crippen LogP contribution in [0.25, 0.3) is 0 Å². The molecule has 0 amide bonds. The van der Waals surface area contributed by atoms with Crippen LogP contribution in [-0.4, -0.2) is 12.9 Å². The van der Waals surface area contributed by atoms with Crippen LogP contribution in [0.15, 0.2) is 30.4 Å². The van der Waals surface area contributed by atoms with E-state index in [-0.39, 0.29) is 5.78 Å². The first kappa shape index (κ1) is 15.0. The molecule has 5 rings (SSSR count). The lowest BCUT2D eigenvalue weighted by atomic mass is 9.49. The Kier molecular flexibility index (Phi) is 3.59. The fourth-order valence-corrected chi connectivity index (χ4v) is 5.76. The van der Waals surface area contributed by atoms with E-state index in [2.05, 4.69) is 6.08 Å². The average molecular weight is 310 g/mol. The number of ether oxygens (including phenoxy) is 1. The van der Waals surface area contributed by atoms with Gasteiger partial charge in [0.1, 0.15) is 5.75 Å². The quantitative estimate of drug-likeness (QED) is 0.580. The molecule has 0 unspecified atom stereocenters. The molecule has 0 aliphatic heterocycles. The highest BCUT2D eigenvalue weighted by Gasteiger charge is 2.49. The summed E-state index contributed by atoms with van der Waals surface area (Å²) in [5.41, 5.74) is 2.11. The van der Waals surface area contributed by atoms with Crippen molar-refractivity contribution < 1.29 is 9.53 Å². The summed E-state index contributed by atoms with van der Waals surface area (Å²) in [5.74, 6) is 3.73. The number of aryl methyl sites for hydroxylation is 1. The molecule has 122 valence electrons. The summed E-state index contributed by atoms with van der Waals surface area (Å²) in [6, 6.07) is 5.70. The van der Waals surface area contributed by atoms with Gasteiger partial charge in [0.2, 0.25) is 0 Å². The smallest absolute Gasteiger partial charge is 0.185 e. The summed E-state index contributed by atoms with van der Waals surface area (Å²) in [6.07, 6.45) is 12.4. The second-order valence-electron chi connectivity index (χ2n) is 8.16. The van der Waals surface area contributed by atoms with Gasteiger partial charge in [0.15, 0.2) is 5.78 Å². The molecule has 2 heteroatoms. The van der Waals surface area contributed by atoms with E-state index in [1.54, 1.807) is 7.11 Å². The van der Waals surface area contributed by atoms with Gasteiger partial charge >= 0.3 is 0 Å². The Bertz CT molecular complexity index is 621. The summed E-state index contributed by atoms with van der Waals surface area (Å²) in [6.45, 7) is 1.98. The fraction of sp³-hybridized carbons (Fsp3) is 0.571. The molecule has 0 heterocycles. The molecule has 0 spiro atoms. The molecule has 4 bridgehead atoms. The van der Waals surface area contributed by atoms with Crippen LogP contribution in [0.1, 0.15) is 54.4 Å². The molecule has 0 aromatic heterocycles. The first-order valence-corrected chi connectivity index (χ1v) is 8.95. The highest BCUT2D eigenvalue weighted by molar-refractivity contribution is 6.04. The SMILES string of the molecule is COc1ccc(C(=O)C=CC23CC4CC(CC(C4)C2)C3)cc1C. The van der Waals surface area contributed by atoms with E-state index in [0.717, 1.165) is 34.6 Å². The lowest BCUT2D eigenvalue weighted by Gasteiger charge is -2.55. The van der Waals surface area contributed by atoms with Crippen LogP contribution < -0.4 is 4.74 Å². The van der Waals surface area contributed by atoms with Gasteiger partial charge in [-0.15, -0.1) is 0 Å². The molecule has 0 N–H and O–H groups in total. The van der Waals surface area contributed by atoms with Crippen LogP contribution in [0.2, 0.25) is 0 Å². The predicted molar refractivity (Wildman–Crippen MR) is 91.8 cm³/mol. The van der Waals surface area contributed by atoms with Crippen molar-refractivity contribution in [3.05, 3.63) is 41.5 Å². The zero-order chi connectivity index (χ0) is 16.0. The lowest BCUT2D eigenvalue weighted by Crippen LogP contribution is -2.45. The normalized spacial score (nSPS) is 35.0. The highest BCUT2D eigenvalue weighted by Crippen LogP contribution is 2.60. The first-order valence-electron chi connectivity index (χ1n) is 8.95. The van der Waals surface area contributed by atoms with Crippen LogP contribution in [0.4, 0.5) is 0 Å². The van der Waals surface area contributed by atoms with Gasteiger partial charge in [-0.2, -0.15) is 0 Å². The highest BCUT2D eigenvalue weighted by atomic mass is 16.5. The number of methoxy groups -OCH3 is 1. The Hall–Kier alpha value is -1.57. The van der Waals surface area contributed by atoms with Crippen molar-refractivity contribution in [3.63, 3.8) is 0 Å². The number of benzene rings is 1. The van der Waals surface area contributed by atoms with Crippen molar-refractivity contribution in [2.75, 3.05) is 7.11 Å². The lowest BCUT2D eigenvalue weighted by molar-refractivity contribution is -0.0238. The topological polar surface area (TPSA) is 26.3 Å². The van der Waals surface area contributed by atoms with Crippen LogP contribution >= 0.6 is 0 Å². The maximum absolute atomic E-state index is 12.6. The number of ketones is 1. The van der Waals surface area contributed by atoms with E-state index in [9.17, 15) is 4.79 Å². The van der Waals surface area contributed by atoms with Crippen molar-refractivity contribution in [2.24, 2.45) is 23.2 Å². The Morgan fingerprint density at radius 3 is 2.26 bits per heavy atom. The van der Waals surface area contributed by atoms with E-state index in [0.29, 0.717) is 5.41 Å². The van der Waals surface area contributed by atoms with Crippen molar-refractivity contribution in [2.45, 2.75) is 45.4 Å². The Balaban J connectivity index is 1.52. The molecule has 1 aromatic rings. The van der Waals surface area contributed by atoms with Crippen molar-refractivity contribution in [1.82, 2.24) is 0 Å². The van der Waals surface area contributed by atoms with Crippen LogP contribution in [-0.2, 0) is 0 Å². The van der Waals surface area contributed by atoms with Crippen molar-refractivity contribution >= 4 is 5.78 Å². The number of rotatable bonds is 4. The van der Waals surface area contributed by atoms with E-state index in [4.69, 9.17) is 4.74 Å². The van der Waals surface area contributed by atoms with Crippen LogP contribution in [0.3, 0.4) is 0 Å². The zero-order valence-electron chi connectivity index (χ0n) is 14.2. The molecule has 4 fully saturated rings. The number of hydrogen-bond donors (Lipinski definition) is 0. The molecule has 0 saturated heterocycles. The van der Waals surface area contributed by atoms with Gasteiger partial charge in [-0.3, -0.25) is 4.79 Å². The first-order chi connectivity index (χ1) is 11.1. The minimum atomic E-state index is 0.131. The summed E-state index contributed by atoms with van der Waals surface area (Å²) < 4.78 is 5.27.